The molecule has 0 saturated carbocycles. The van der Waals surface area contributed by atoms with Gasteiger partial charge in [0.2, 0.25) is 0 Å². The molecule has 1 aliphatic rings. The number of rotatable bonds is 0. The van der Waals surface area contributed by atoms with E-state index in [-0.39, 0.29) is 36.0 Å². The molecule has 0 spiro atoms. The first kappa shape index (κ1) is 50.1. The molecule has 320 valence electrons. The maximum atomic E-state index is 12.2. The molecule has 16 N–H and O–H groups in total. The van der Waals surface area contributed by atoms with Crippen molar-refractivity contribution < 1.29 is 38.4 Å². The van der Waals surface area contributed by atoms with Crippen LogP contribution in [0.15, 0.2) is 0 Å². The van der Waals surface area contributed by atoms with Crippen LogP contribution in [0.1, 0.15) is 141 Å². The zero-order valence-electron chi connectivity index (χ0n) is 32.2. The van der Waals surface area contributed by atoms with Crippen molar-refractivity contribution in [2.45, 2.75) is 141 Å². The van der Waals surface area contributed by atoms with Gasteiger partial charge >= 0.3 is 23.6 Å². The van der Waals surface area contributed by atoms with Crippen LogP contribution in [0.5, 0.6) is 0 Å². The van der Waals surface area contributed by atoms with Crippen LogP contribution < -0.4 is 87.9 Å². The first-order chi connectivity index (χ1) is 27.2. The number of hydrazine groups is 13. The van der Waals surface area contributed by atoms with Crippen LogP contribution in [0.25, 0.3) is 0 Å². The molecule has 24 heteroatoms. The third-order valence-electron chi connectivity index (χ3n) is 8.34. The molecule has 1 aliphatic heterocycles. The van der Waals surface area contributed by atoms with Crippen LogP contribution in [0, 0.1) is 0 Å². The van der Waals surface area contributed by atoms with Crippen molar-refractivity contribution in [2.75, 3.05) is 13.1 Å². The van der Waals surface area contributed by atoms with E-state index in [1.165, 1.54) is 0 Å². The molecule has 0 unspecified atom stereocenters. The monoisotopic (exact) mass is 801 g/mol. The van der Waals surface area contributed by atoms with E-state index in [2.05, 4.69) is 82.5 Å². The van der Waals surface area contributed by atoms with Crippen molar-refractivity contribution >= 4 is 46.8 Å². The lowest BCUT2D eigenvalue weighted by atomic mass is 10.0. The molecule has 1 heterocycles. The van der Waals surface area contributed by atoms with E-state index < -0.39 is 23.6 Å². The van der Waals surface area contributed by atoms with Crippen molar-refractivity contribution in [1.29, 1.82) is 0 Å². The zero-order chi connectivity index (χ0) is 40.9. The second-order valence-electron chi connectivity index (χ2n) is 13.0. The highest BCUT2D eigenvalue weighted by molar-refractivity contribution is 6.37. The minimum absolute atomic E-state index is 0.222. The van der Waals surface area contributed by atoms with Gasteiger partial charge in [0, 0.05) is 38.8 Å². The second-order valence-corrected chi connectivity index (χ2v) is 13.0. The highest BCUT2D eigenvalue weighted by atomic mass is 16.2. The van der Waals surface area contributed by atoms with Gasteiger partial charge in [-0.1, -0.05) is 77.0 Å². The molecule has 1 saturated heterocycles. The topological polar surface area (TPSA) is 329 Å². The SMILES string of the molecule is O=C1CCCCCCCCCCC(=O)C(=O)CCCCCNNNNNC(=O)C(=O)NNNNNNNNNNC(=O)C(=O)NCCCCCCCCCC1=O. The number of carbonyl (C=O) groups excluding carboxylic acids is 8. The molecule has 0 aromatic carbocycles. The maximum Gasteiger partial charge on any atom is 0.325 e. The number of nitrogens with one attached hydrogen (secondary N) is 16. The van der Waals surface area contributed by atoms with Crippen molar-refractivity contribution in [1.82, 2.24) is 87.9 Å². The summed E-state index contributed by atoms with van der Waals surface area (Å²) in [6.07, 6.45) is 16.4. The van der Waals surface area contributed by atoms with Crippen LogP contribution >= 0.6 is 0 Å². The Bertz CT molecular complexity index is 918. The van der Waals surface area contributed by atoms with Gasteiger partial charge in [0.1, 0.15) is 0 Å². The third-order valence-corrected chi connectivity index (χ3v) is 8.34. The van der Waals surface area contributed by atoms with Crippen LogP contribution in [-0.2, 0) is 38.4 Å². The number of amides is 4. The summed E-state index contributed by atoms with van der Waals surface area (Å²) in [4.78, 5) is 95.9. The van der Waals surface area contributed by atoms with Gasteiger partial charge in [-0.05, 0) is 38.5 Å². The molecule has 0 bridgehead atoms. The summed E-state index contributed by atoms with van der Waals surface area (Å²) in [6.45, 7) is 0.861. The average molecular weight is 801 g/mol. The smallest absolute Gasteiger partial charge is 0.325 e. The zero-order valence-corrected chi connectivity index (χ0v) is 32.2. The second kappa shape index (κ2) is 35.5. The van der Waals surface area contributed by atoms with Gasteiger partial charge in [0.05, 0.1) is 0 Å². The minimum Gasteiger partial charge on any atom is -0.348 e. The standard InChI is InChI=1S/C32H64N16O8/c49-25-19-13-8-4-1-2-5-9-14-21-27(51)28(52)22-16-12-18-24-34-38-42-39-36-31(55)32(56)37-41-44-46-48-47-45-43-40-35-30(54)29(53)33-23-17-11-7-3-6-10-15-20-26(25)50/h34,38-48H,1-24H2,(H,33,53)(H,35,54)(H,36,55)(H,37,56). The van der Waals surface area contributed by atoms with Gasteiger partial charge in [-0.3, -0.25) is 54.6 Å². The minimum atomic E-state index is -1.05. The maximum absolute atomic E-state index is 12.2. The van der Waals surface area contributed by atoms with E-state index in [0.717, 1.165) is 83.5 Å². The molecule has 0 aromatic rings. The number of Topliss-reactive ketones (excluding diaryl/α,β-unsaturated/α-hetero) is 4. The predicted molar refractivity (Wildman–Crippen MR) is 202 cm³/mol. The molecule has 1 rings (SSSR count). The predicted octanol–water partition coefficient (Wildman–Crippen LogP) is -2.71. The van der Waals surface area contributed by atoms with E-state index in [1.807, 2.05) is 5.43 Å². The van der Waals surface area contributed by atoms with Crippen LogP contribution in [0.3, 0.4) is 0 Å². The highest BCUT2D eigenvalue weighted by Gasteiger charge is 2.15. The number of ketones is 4. The van der Waals surface area contributed by atoms with E-state index in [4.69, 9.17) is 0 Å². The van der Waals surface area contributed by atoms with Crippen LogP contribution in [0.4, 0.5) is 0 Å². The third kappa shape index (κ3) is 29.4. The molecule has 0 atom stereocenters. The largest absolute Gasteiger partial charge is 0.348 e. The van der Waals surface area contributed by atoms with Gasteiger partial charge < -0.3 is 5.32 Å². The van der Waals surface area contributed by atoms with Crippen LogP contribution in [-0.4, -0.2) is 59.9 Å². The summed E-state index contributed by atoms with van der Waals surface area (Å²) in [7, 11) is 0. The molecular formula is C32H64N16O8. The molecule has 56 heavy (non-hydrogen) atoms. The Balaban J connectivity index is 2.31. The van der Waals surface area contributed by atoms with Gasteiger partial charge in [-0.2, -0.15) is 60.9 Å². The summed E-state index contributed by atoms with van der Waals surface area (Å²) in [6, 6.07) is 0. The molecular weight excluding hydrogens is 736 g/mol. The number of hydrogen-bond donors (Lipinski definition) is 16. The average Bonchev–Trinajstić information content (AvgIpc) is 3.19. The normalized spacial score (nSPS) is 22.0. The Morgan fingerprint density at radius 2 is 0.518 bits per heavy atom. The number of hydrogen-bond acceptors (Lipinski definition) is 20. The fraction of sp³-hybridized carbons (Fsp3) is 0.750. The first-order valence-corrected chi connectivity index (χ1v) is 19.5. The lowest BCUT2D eigenvalue weighted by Crippen LogP contribution is -2.66. The van der Waals surface area contributed by atoms with Gasteiger partial charge in [-0.15, -0.1) is 0 Å². The Hall–Kier alpha value is -3.92. The Kier molecular flexibility index (Phi) is 31.8. The molecule has 0 aromatic heterocycles. The van der Waals surface area contributed by atoms with Crippen molar-refractivity contribution in [2.24, 2.45) is 0 Å². The van der Waals surface area contributed by atoms with Gasteiger partial charge in [-0.25, -0.2) is 5.43 Å². The molecule has 1 fully saturated rings. The van der Waals surface area contributed by atoms with Crippen molar-refractivity contribution in [3.8, 4) is 0 Å². The molecule has 0 radical (unpaired) electrons. The molecule has 4 amide bonds. The Morgan fingerprint density at radius 1 is 0.250 bits per heavy atom. The van der Waals surface area contributed by atoms with E-state index in [1.54, 1.807) is 0 Å². The Labute approximate surface area is 327 Å². The quantitative estimate of drug-likeness (QED) is 0.111. The highest BCUT2D eigenvalue weighted by Crippen LogP contribution is 2.13. The Morgan fingerprint density at radius 3 is 0.911 bits per heavy atom. The van der Waals surface area contributed by atoms with E-state index in [9.17, 15) is 38.4 Å². The summed E-state index contributed by atoms with van der Waals surface area (Å²) >= 11 is 0. The van der Waals surface area contributed by atoms with Crippen molar-refractivity contribution in [3.05, 3.63) is 0 Å². The summed E-state index contributed by atoms with van der Waals surface area (Å²) < 4.78 is 0. The van der Waals surface area contributed by atoms with Gasteiger partial charge in [0.25, 0.3) is 0 Å². The van der Waals surface area contributed by atoms with E-state index >= 15 is 0 Å². The summed E-state index contributed by atoms with van der Waals surface area (Å²) in [5, 5.41) is 2.53. The van der Waals surface area contributed by atoms with Crippen molar-refractivity contribution in [3.63, 3.8) is 0 Å². The van der Waals surface area contributed by atoms with Crippen LogP contribution in [0.2, 0.25) is 0 Å². The van der Waals surface area contributed by atoms with E-state index in [0.29, 0.717) is 58.0 Å². The summed E-state index contributed by atoms with van der Waals surface area (Å²) in [5.74, 6) is -5.03. The lowest BCUT2D eigenvalue weighted by Gasteiger charge is -2.14. The first-order valence-electron chi connectivity index (χ1n) is 19.5. The fourth-order valence-corrected chi connectivity index (χ4v) is 5.20. The van der Waals surface area contributed by atoms with Gasteiger partial charge in [0.15, 0.2) is 23.1 Å². The number of carbonyl (C=O) groups is 8. The molecule has 24 nitrogen and oxygen atoms in total. The molecule has 0 aliphatic carbocycles. The fourth-order valence-electron chi connectivity index (χ4n) is 5.20. The summed E-state index contributed by atoms with van der Waals surface area (Å²) in [5.41, 5.74) is 34.6. The lowest BCUT2D eigenvalue weighted by molar-refractivity contribution is -0.141.